The maximum absolute atomic E-state index is 13.9. The van der Waals surface area contributed by atoms with Crippen molar-refractivity contribution >= 4 is 11.8 Å². The molecule has 2 aromatic rings. The molecule has 0 spiro atoms. The molecule has 2 aliphatic rings. The van der Waals surface area contributed by atoms with Gasteiger partial charge in [-0.15, -0.1) is 0 Å². The number of hydrogen-bond donors (Lipinski definition) is 1. The van der Waals surface area contributed by atoms with E-state index in [0.29, 0.717) is 30.2 Å². The zero-order valence-electron chi connectivity index (χ0n) is 22.0. The third-order valence-electron chi connectivity index (χ3n) is 7.81. The summed E-state index contributed by atoms with van der Waals surface area (Å²) in [4.78, 5) is 27.8. The molecule has 1 heterocycles. The predicted molar refractivity (Wildman–Crippen MR) is 137 cm³/mol. The highest BCUT2D eigenvalue weighted by atomic mass is 19.4. The molecule has 2 amide bonds. The Morgan fingerprint density at radius 2 is 1.66 bits per heavy atom. The highest BCUT2D eigenvalue weighted by molar-refractivity contribution is 5.95. The van der Waals surface area contributed by atoms with Crippen LogP contribution in [-0.2, 0) is 10.4 Å². The number of carbonyl (C=O) groups is 2. The molecule has 1 saturated carbocycles. The van der Waals surface area contributed by atoms with E-state index in [1.54, 1.807) is 25.1 Å². The van der Waals surface area contributed by atoms with Crippen LogP contribution in [0.5, 0.6) is 5.75 Å². The minimum absolute atomic E-state index is 0.0475. The Morgan fingerprint density at radius 1 is 1.03 bits per heavy atom. The number of nitrogens with zero attached hydrogens (tertiary/aromatic N) is 2. The first-order valence-corrected chi connectivity index (χ1v) is 13.0. The number of piperidine rings is 1. The Morgan fingerprint density at radius 3 is 2.21 bits per heavy atom. The van der Waals surface area contributed by atoms with Crippen molar-refractivity contribution in [3.8, 4) is 5.75 Å². The minimum atomic E-state index is -5.12. The summed E-state index contributed by atoms with van der Waals surface area (Å²) in [5, 5.41) is 10.6. The normalized spacial score (nSPS) is 21.8. The van der Waals surface area contributed by atoms with Gasteiger partial charge < -0.3 is 19.6 Å². The van der Waals surface area contributed by atoms with Gasteiger partial charge in [-0.1, -0.05) is 30.3 Å². The Labute approximate surface area is 221 Å². The van der Waals surface area contributed by atoms with Gasteiger partial charge >= 0.3 is 6.18 Å². The van der Waals surface area contributed by atoms with Crippen molar-refractivity contribution in [3.63, 3.8) is 0 Å². The van der Waals surface area contributed by atoms with E-state index in [9.17, 15) is 27.9 Å². The Balaban J connectivity index is 1.25. The first-order chi connectivity index (χ1) is 17.9. The summed E-state index contributed by atoms with van der Waals surface area (Å²) in [6, 6.07) is 12.1. The largest absolute Gasteiger partial charge is 0.490 e. The maximum atomic E-state index is 13.9. The van der Waals surface area contributed by atoms with Gasteiger partial charge in [-0.05, 0) is 74.6 Å². The van der Waals surface area contributed by atoms with Crippen LogP contribution in [0, 0.1) is 18.8 Å². The average Bonchev–Trinajstić information content (AvgIpc) is 2.86. The van der Waals surface area contributed by atoms with E-state index in [1.165, 1.54) is 18.2 Å². The second kappa shape index (κ2) is 11.0. The van der Waals surface area contributed by atoms with Crippen LogP contribution in [0.2, 0.25) is 0 Å². The number of ether oxygens (including phenoxy) is 1. The van der Waals surface area contributed by atoms with E-state index in [-0.39, 0.29) is 25.1 Å². The fourth-order valence-corrected chi connectivity index (χ4v) is 5.51. The van der Waals surface area contributed by atoms with Crippen LogP contribution in [0.1, 0.15) is 53.6 Å². The number of aliphatic hydroxyl groups is 1. The van der Waals surface area contributed by atoms with E-state index >= 15 is 0 Å². The first kappa shape index (κ1) is 28.0. The molecule has 9 heteroatoms. The van der Waals surface area contributed by atoms with Crippen LogP contribution < -0.4 is 4.74 Å². The van der Waals surface area contributed by atoms with Gasteiger partial charge in [-0.2, -0.15) is 13.2 Å². The lowest BCUT2D eigenvalue weighted by Crippen LogP contribution is -2.57. The fourth-order valence-electron chi connectivity index (χ4n) is 5.51. The van der Waals surface area contributed by atoms with Crippen LogP contribution in [0.25, 0.3) is 0 Å². The molecule has 38 heavy (non-hydrogen) atoms. The molecule has 206 valence electrons. The van der Waals surface area contributed by atoms with Crippen molar-refractivity contribution < 1.29 is 32.6 Å². The van der Waals surface area contributed by atoms with Gasteiger partial charge in [-0.3, -0.25) is 9.59 Å². The molecule has 1 atom stereocenters. The number of alkyl halides is 3. The van der Waals surface area contributed by atoms with E-state index < -0.39 is 23.2 Å². The number of halogens is 3. The molecule has 0 bridgehead atoms. The average molecular weight is 533 g/mol. The number of carbonyl (C=O) groups excluding carboxylic acids is 2. The quantitative estimate of drug-likeness (QED) is 0.549. The number of hydrogen-bond acceptors (Lipinski definition) is 4. The van der Waals surface area contributed by atoms with Crippen molar-refractivity contribution in [2.75, 3.05) is 27.2 Å². The van der Waals surface area contributed by atoms with Crippen LogP contribution in [-0.4, -0.2) is 66.2 Å². The lowest BCUT2D eigenvalue weighted by Gasteiger charge is -2.41. The number of rotatable bonds is 7. The molecule has 1 N–H and O–H groups in total. The third kappa shape index (κ3) is 5.67. The summed E-state index contributed by atoms with van der Waals surface area (Å²) < 4.78 is 47.7. The van der Waals surface area contributed by atoms with Gasteiger partial charge in [-0.25, -0.2) is 0 Å². The Kier molecular flexibility index (Phi) is 8.06. The zero-order chi connectivity index (χ0) is 27.7. The van der Waals surface area contributed by atoms with Crippen LogP contribution in [0.3, 0.4) is 0 Å². The highest BCUT2D eigenvalue weighted by Crippen LogP contribution is 2.42. The topological polar surface area (TPSA) is 70.1 Å². The van der Waals surface area contributed by atoms with Crippen LogP contribution in [0.4, 0.5) is 13.2 Å². The lowest BCUT2D eigenvalue weighted by atomic mass is 9.74. The summed E-state index contributed by atoms with van der Waals surface area (Å²) in [7, 11) is 3.44. The van der Waals surface area contributed by atoms with Crippen molar-refractivity contribution in [2.24, 2.45) is 11.8 Å². The van der Waals surface area contributed by atoms with Crippen molar-refractivity contribution in [3.05, 3.63) is 65.2 Å². The predicted octanol–water partition coefficient (Wildman–Crippen LogP) is 4.93. The van der Waals surface area contributed by atoms with Crippen molar-refractivity contribution in [2.45, 2.75) is 56.9 Å². The molecular weight excluding hydrogens is 497 g/mol. The standard InChI is InChI=1S/C29H35F3N2O4/c1-19-15-23(9-10-25(19)26(35)33(2)3)38-24-17-21(18-24)16-20-11-13-34(14-12-20)27(36)28(37,29(30,31)32)22-7-5-4-6-8-22/h4-10,15,20-21,24,37H,11-14,16-18H2,1-3H3/t21?,24?,28-/m1/s1. The fraction of sp³-hybridized carbons (Fsp3) is 0.517. The molecule has 0 aromatic heterocycles. The zero-order valence-corrected chi connectivity index (χ0v) is 22.0. The monoisotopic (exact) mass is 532 g/mol. The first-order valence-electron chi connectivity index (χ1n) is 13.0. The summed E-state index contributed by atoms with van der Waals surface area (Å²) in [6.45, 7) is 2.27. The number of amides is 2. The summed E-state index contributed by atoms with van der Waals surface area (Å²) in [5.74, 6) is 0.177. The van der Waals surface area contributed by atoms with Gasteiger partial charge in [0.05, 0.1) is 6.10 Å². The van der Waals surface area contributed by atoms with E-state index in [0.717, 1.165) is 47.6 Å². The minimum Gasteiger partial charge on any atom is -0.490 e. The Bertz CT molecular complexity index is 1140. The van der Waals surface area contributed by atoms with Crippen LogP contribution >= 0.6 is 0 Å². The summed E-state index contributed by atoms with van der Waals surface area (Å²) in [5.41, 5.74) is -2.50. The molecule has 1 aliphatic heterocycles. The molecule has 0 radical (unpaired) electrons. The number of benzene rings is 2. The van der Waals surface area contributed by atoms with E-state index in [2.05, 4.69) is 0 Å². The molecule has 0 unspecified atom stereocenters. The van der Waals surface area contributed by atoms with Crippen LogP contribution in [0.15, 0.2) is 48.5 Å². The van der Waals surface area contributed by atoms with Gasteiger partial charge in [0.15, 0.2) is 0 Å². The third-order valence-corrected chi connectivity index (χ3v) is 7.81. The second-order valence-corrected chi connectivity index (χ2v) is 10.8. The molecular formula is C29H35F3N2O4. The lowest BCUT2D eigenvalue weighted by molar-refractivity contribution is -0.262. The number of aryl methyl sites for hydroxylation is 1. The Hall–Kier alpha value is -3.07. The molecule has 1 aliphatic carbocycles. The van der Waals surface area contributed by atoms with Gasteiger partial charge in [0.2, 0.25) is 0 Å². The molecule has 1 saturated heterocycles. The molecule has 2 fully saturated rings. The summed E-state index contributed by atoms with van der Waals surface area (Å²) in [6.07, 6.45) is -1.06. The van der Waals surface area contributed by atoms with Gasteiger partial charge in [0, 0.05) is 38.3 Å². The summed E-state index contributed by atoms with van der Waals surface area (Å²) >= 11 is 0. The maximum Gasteiger partial charge on any atom is 0.430 e. The molecule has 2 aromatic carbocycles. The van der Waals surface area contributed by atoms with Crippen molar-refractivity contribution in [1.29, 1.82) is 0 Å². The second-order valence-electron chi connectivity index (χ2n) is 10.8. The smallest absolute Gasteiger partial charge is 0.430 e. The SMILES string of the molecule is Cc1cc(OC2CC(CC3CCN(C(=O)[C@](O)(c4ccccc4)C(F)(F)F)CC3)C2)ccc1C(=O)N(C)C. The van der Waals surface area contributed by atoms with Crippen molar-refractivity contribution in [1.82, 2.24) is 9.80 Å². The van der Waals surface area contributed by atoms with Gasteiger partial charge in [0.25, 0.3) is 17.4 Å². The number of likely N-dealkylation sites (tertiary alicyclic amines) is 1. The molecule has 6 nitrogen and oxygen atoms in total. The van der Waals surface area contributed by atoms with E-state index in [4.69, 9.17) is 4.74 Å². The molecule has 4 rings (SSSR count). The van der Waals surface area contributed by atoms with E-state index in [1.807, 2.05) is 19.1 Å². The van der Waals surface area contributed by atoms with Gasteiger partial charge in [0.1, 0.15) is 5.75 Å². The highest BCUT2D eigenvalue weighted by Gasteiger charge is 2.62.